The van der Waals surface area contributed by atoms with Crippen LogP contribution in [-0.2, 0) is 6.42 Å². The third-order valence-corrected chi connectivity index (χ3v) is 3.03. The molecule has 0 spiro atoms. The van der Waals surface area contributed by atoms with Gasteiger partial charge in [0.1, 0.15) is 0 Å². The lowest BCUT2D eigenvalue weighted by Crippen LogP contribution is -2.31. The van der Waals surface area contributed by atoms with Crippen LogP contribution in [-0.4, -0.2) is 17.6 Å². The van der Waals surface area contributed by atoms with Gasteiger partial charge in [0.2, 0.25) is 0 Å². The summed E-state index contributed by atoms with van der Waals surface area (Å²) in [6, 6.07) is 0.617. The number of aromatic nitrogens is 1. The molecular formula is C11H20N2S. The zero-order chi connectivity index (χ0) is 10.2. The highest BCUT2D eigenvalue weighted by Crippen LogP contribution is 2.10. The molecule has 2 nitrogen and oxygen atoms in total. The van der Waals surface area contributed by atoms with Crippen LogP contribution in [0.2, 0.25) is 0 Å². The second-order valence-corrected chi connectivity index (χ2v) is 4.55. The number of hydrogen-bond donors (Lipinski definition) is 1. The smallest absolute Gasteiger partial charge is 0.0940 e. The average molecular weight is 212 g/mol. The highest BCUT2D eigenvalue weighted by atomic mass is 32.1. The highest BCUT2D eigenvalue weighted by Gasteiger charge is 2.08. The second-order valence-electron chi connectivity index (χ2n) is 3.57. The van der Waals surface area contributed by atoms with Crippen LogP contribution in [0.5, 0.6) is 0 Å². The molecular weight excluding hydrogens is 192 g/mol. The Morgan fingerprint density at radius 3 is 2.86 bits per heavy atom. The van der Waals surface area contributed by atoms with Crippen LogP contribution < -0.4 is 5.32 Å². The molecule has 1 unspecified atom stereocenters. The SMILES string of the molecule is CCCNC(CCC)Cc1nccs1. The second kappa shape index (κ2) is 6.96. The molecule has 1 heterocycles. The Kier molecular flexibility index (Phi) is 5.80. The van der Waals surface area contributed by atoms with E-state index in [0.717, 1.165) is 13.0 Å². The first-order chi connectivity index (χ1) is 6.86. The lowest BCUT2D eigenvalue weighted by Gasteiger charge is -2.16. The molecule has 0 fully saturated rings. The van der Waals surface area contributed by atoms with Crippen LogP contribution in [0.4, 0.5) is 0 Å². The lowest BCUT2D eigenvalue weighted by atomic mass is 10.1. The third-order valence-electron chi connectivity index (χ3n) is 2.22. The van der Waals surface area contributed by atoms with Gasteiger partial charge in [0.25, 0.3) is 0 Å². The molecule has 80 valence electrons. The van der Waals surface area contributed by atoms with Gasteiger partial charge >= 0.3 is 0 Å². The van der Waals surface area contributed by atoms with Crippen molar-refractivity contribution < 1.29 is 0 Å². The van der Waals surface area contributed by atoms with Crippen LogP contribution in [0.3, 0.4) is 0 Å². The normalized spacial score (nSPS) is 13.0. The summed E-state index contributed by atoms with van der Waals surface area (Å²) in [5, 5.41) is 6.89. The van der Waals surface area contributed by atoms with Crippen LogP contribution >= 0.6 is 11.3 Å². The van der Waals surface area contributed by atoms with Crippen molar-refractivity contribution in [1.82, 2.24) is 10.3 Å². The Morgan fingerprint density at radius 1 is 1.43 bits per heavy atom. The lowest BCUT2D eigenvalue weighted by molar-refractivity contribution is 0.472. The Hall–Kier alpha value is -0.410. The summed E-state index contributed by atoms with van der Waals surface area (Å²) in [7, 11) is 0. The first-order valence-corrected chi connectivity index (χ1v) is 6.36. The fourth-order valence-electron chi connectivity index (χ4n) is 1.54. The largest absolute Gasteiger partial charge is 0.314 e. The van der Waals surface area contributed by atoms with Gasteiger partial charge in [-0.15, -0.1) is 11.3 Å². The molecule has 0 bridgehead atoms. The molecule has 0 aliphatic heterocycles. The Morgan fingerprint density at radius 2 is 2.29 bits per heavy atom. The van der Waals surface area contributed by atoms with E-state index in [9.17, 15) is 0 Å². The average Bonchev–Trinajstić information content (AvgIpc) is 2.67. The number of thiazole rings is 1. The van der Waals surface area contributed by atoms with E-state index in [1.54, 1.807) is 11.3 Å². The number of hydrogen-bond acceptors (Lipinski definition) is 3. The predicted molar refractivity (Wildman–Crippen MR) is 62.8 cm³/mol. The maximum atomic E-state index is 4.32. The maximum absolute atomic E-state index is 4.32. The van der Waals surface area contributed by atoms with Gasteiger partial charge in [0.15, 0.2) is 0 Å². The van der Waals surface area contributed by atoms with Crippen LogP contribution in [0.25, 0.3) is 0 Å². The quantitative estimate of drug-likeness (QED) is 0.752. The van der Waals surface area contributed by atoms with E-state index in [1.165, 1.54) is 24.3 Å². The minimum absolute atomic E-state index is 0.617. The molecule has 14 heavy (non-hydrogen) atoms. The summed E-state index contributed by atoms with van der Waals surface area (Å²) in [6.45, 7) is 5.57. The zero-order valence-electron chi connectivity index (χ0n) is 9.12. The highest BCUT2D eigenvalue weighted by molar-refractivity contribution is 7.09. The van der Waals surface area contributed by atoms with Crippen molar-refractivity contribution in [2.24, 2.45) is 0 Å². The molecule has 0 saturated heterocycles. The Balaban J connectivity index is 2.34. The monoisotopic (exact) mass is 212 g/mol. The summed E-state index contributed by atoms with van der Waals surface area (Å²) in [5.74, 6) is 0. The molecule has 0 aliphatic carbocycles. The first kappa shape index (κ1) is 11.7. The van der Waals surface area contributed by atoms with Gasteiger partial charge in [-0.3, -0.25) is 0 Å². The molecule has 1 atom stereocenters. The molecule has 0 aliphatic rings. The zero-order valence-corrected chi connectivity index (χ0v) is 9.94. The van der Waals surface area contributed by atoms with Crippen molar-refractivity contribution in [2.45, 2.75) is 45.6 Å². The standard InChI is InChI=1S/C11H20N2S/c1-3-5-10(12-6-4-2)9-11-13-7-8-14-11/h7-8,10,12H,3-6,9H2,1-2H3. The third kappa shape index (κ3) is 4.20. The van der Waals surface area contributed by atoms with Gasteiger partial charge in [-0.2, -0.15) is 0 Å². The van der Waals surface area contributed by atoms with Gasteiger partial charge in [-0.05, 0) is 19.4 Å². The van der Waals surface area contributed by atoms with Crippen molar-refractivity contribution in [3.05, 3.63) is 16.6 Å². The van der Waals surface area contributed by atoms with Crippen molar-refractivity contribution in [1.29, 1.82) is 0 Å². The van der Waals surface area contributed by atoms with Gasteiger partial charge in [-0.1, -0.05) is 20.3 Å². The van der Waals surface area contributed by atoms with E-state index in [0.29, 0.717) is 6.04 Å². The van der Waals surface area contributed by atoms with E-state index in [-0.39, 0.29) is 0 Å². The van der Waals surface area contributed by atoms with E-state index in [2.05, 4.69) is 29.5 Å². The van der Waals surface area contributed by atoms with Crippen molar-refractivity contribution in [3.8, 4) is 0 Å². The van der Waals surface area contributed by atoms with E-state index >= 15 is 0 Å². The summed E-state index contributed by atoms with van der Waals surface area (Å²) in [4.78, 5) is 4.32. The molecule has 1 aromatic rings. The molecule has 1 N–H and O–H groups in total. The molecule has 0 saturated carbocycles. The van der Waals surface area contributed by atoms with Crippen molar-refractivity contribution >= 4 is 11.3 Å². The number of rotatable bonds is 7. The number of nitrogens with one attached hydrogen (secondary N) is 1. The molecule has 3 heteroatoms. The van der Waals surface area contributed by atoms with E-state index in [1.807, 2.05) is 6.20 Å². The summed E-state index contributed by atoms with van der Waals surface area (Å²) < 4.78 is 0. The van der Waals surface area contributed by atoms with Gasteiger partial charge < -0.3 is 5.32 Å². The minimum Gasteiger partial charge on any atom is -0.314 e. The molecule has 0 radical (unpaired) electrons. The predicted octanol–water partition coefficient (Wildman–Crippen LogP) is 2.85. The maximum Gasteiger partial charge on any atom is 0.0940 e. The van der Waals surface area contributed by atoms with Crippen LogP contribution in [0.1, 0.15) is 38.1 Å². The van der Waals surface area contributed by atoms with Gasteiger partial charge in [0.05, 0.1) is 5.01 Å². The topological polar surface area (TPSA) is 24.9 Å². The summed E-state index contributed by atoms with van der Waals surface area (Å²) in [6.07, 6.45) is 6.68. The van der Waals surface area contributed by atoms with Crippen molar-refractivity contribution in [3.63, 3.8) is 0 Å². The molecule has 0 aromatic carbocycles. The minimum atomic E-state index is 0.617. The van der Waals surface area contributed by atoms with E-state index < -0.39 is 0 Å². The molecule has 1 rings (SSSR count). The van der Waals surface area contributed by atoms with Crippen LogP contribution in [0, 0.1) is 0 Å². The Bertz CT molecular complexity index is 221. The van der Waals surface area contributed by atoms with E-state index in [4.69, 9.17) is 0 Å². The first-order valence-electron chi connectivity index (χ1n) is 5.48. The summed E-state index contributed by atoms with van der Waals surface area (Å²) >= 11 is 1.76. The fraction of sp³-hybridized carbons (Fsp3) is 0.727. The van der Waals surface area contributed by atoms with Gasteiger partial charge in [-0.25, -0.2) is 4.98 Å². The fourth-order valence-corrected chi connectivity index (χ4v) is 2.24. The Labute approximate surface area is 90.8 Å². The summed E-state index contributed by atoms with van der Waals surface area (Å²) in [5.41, 5.74) is 0. The number of nitrogens with zero attached hydrogens (tertiary/aromatic N) is 1. The van der Waals surface area contributed by atoms with Crippen LogP contribution in [0.15, 0.2) is 11.6 Å². The van der Waals surface area contributed by atoms with Gasteiger partial charge in [0, 0.05) is 24.0 Å². The molecule has 0 amide bonds. The molecule has 1 aromatic heterocycles. The van der Waals surface area contributed by atoms with Crippen molar-refractivity contribution in [2.75, 3.05) is 6.54 Å².